The molecule has 1 aromatic heterocycles. The Bertz CT molecular complexity index is 569. The molecule has 1 saturated heterocycles. The summed E-state index contributed by atoms with van der Waals surface area (Å²) < 4.78 is 11.5. The Morgan fingerprint density at radius 1 is 1.43 bits per heavy atom. The zero-order chi connectivity index (χ0) is 16.7. The maximum absolute atomic E-state index is 12.2. The van der Waals surface area contributed by atoms with Gasteiger partial charge in [-0.05, 0) is 13.0 Å². The van der Waals surface area contributed by atoms with E-state index in [0.29, 0.717) is 19.7 Å². The van der Waals surface area contributed by atoms with Gasteiger partial charge in [-0.1, -0.05) is 0 Å². The van der Waals surface area contributed by atoms with Gasteiger partial charge in [0.15, 0.2) is 0 Å². The Balaban J connectivity index is 1.90. The molecule has 1 amide bonds. The summed E-state index contributed by atoms with van der Waals surface area (Å²) in [6, 6.07) is 3.02. The number of carbonyl (C=O) groups excluding carboxylic acids is 1. The molecule has 0 saturated carbocycles. The van der Waals surface area contributed by atoms with Crippen LogP contribution in [0.25, 0.3) is 0 Å². The maximum atomic E-state index is 12.2. The minimum atomic E-state index is -0.281. The lowest BCUT2D eigenvalue weighted by atomic mass is 10.2. The summed E-state index contributed by atoms with van der Waals surface area (Å²) in [5.41, 5.74) is -0.0184. The van der Waals surface area contributed by atoms with Crippen molar-refractivity contribution >= 4 is 5.91 Å². The molecular formula is C15H24N4O4. The lowest BCUT2D eigenvalue weighted by Gasteiger charge is -2.32. The van der Waals surface area contributed by atoms with Crippen LogP contribution in [0.4, 0.5) is 0 Å². The number of methoxy groups -OCH3 is 1. The van der Waals surface area contributed by atoms with Crippen LogP contribution >= 0.6 is 0 Å². The number of amides is 1. The van der Waals surface area contributed by atoms with E-state index in [2.05, 4.69) is 22.2 Å². The van der Waals surface area contributed by atoms with Gasteiger partial charge in [-0.15, -0.1) is 0 Å². The van der Waals surface area contributed by atoms with E-state index >= 15 is 0 Å². The van der Waals surface area contributed by atoms with Crippen LogP contribution < -0.4 is 10.9 Å². The van der Waals surface area contributed by atoms with Crippen molar-refractivity contribution < 1.29 is 14.3 Å². The fraction of sp³-hybridized carbons (Fsp3) is 0.667. The van der Waals surface area contributed by atoms with E-state index in [4.69, 9.17) is 9.47 Å². The SMILES string of the molecule is COCCn1nc(C(=O)NCC(C)N2CCOCC2)ccc1=O. The normalized spacial score (nSPS) is 17.0. The third-order valence-electron chi connectivity index (χ3n) is 3.83. The molecule has 1 aliphatic heterocycles. The minimum absolute atomic E-state index is 0.224. The van der Waals surface area contributed by atoms with Crippen LogP contribution in [-0.2, 0) is 16.0 Å². The van der Waals surface area contributed by atoms with Crippen molar-refractivity contribution in [1.82, 2.24) is 20.0 Å². The fourth-order valence-corrected chi connectivity index (χ4v) is 2.39. The molecule has 0 radical (unpaired) electrons. The second kappa shape index (κ2) is 8.76. The van der Waals surface area contributed by atoms with Crippen LogP contribution in [0.2, 0.25) is 0 Å². The van der Waals surface area contributed by atoms with E-state index in [9.17, 15) is 9.59 Å². The highest BCUT2D eigenvalue weighted by atomic mass is 16.5. The van der Waals surface area contributed by atoms with Gasteiger partial charge in [0.05, 0.1) is 26.4 Å². The zero-order valence-electron chi connectivity index (χ0n) is 13.7. The van der Waals surface area contributed by atoms with Gasteiger partial charge in [-0.2, -0.15) is 5.10 Å². The van der Waals surface area contributed by atoms with Gasteiger partial charge in [-0.3, -0.25) is 14.5 Å². The summed E-state index contributed by atoms with van der Waals surface area (Å²) in [6.07, 6.45) is 0. The summed E-state index contributed by atoms with van der Waals surface area (Å²) in [5.74, 6) is -0.281. The lowest BCUT2D eigenvalue weighted by molar-refractivity contribution is 0.0204. The number of ether oxygens (including phenoxy) is 2. The predicted molar refractivity (Wildman–Crippen MR) is 84.6 cm³/mol. The third-order valence-corrected chi connectivity index (χ3v) is 3.83. The summed E-state index contributed by atoms with van der Waals surface area (Å²) in [6.45, 7) is 6.48. The molecule has 1 fully saturated rings. The van der Waals surface area contributed by atoms with Crippen molar-refractivity contribution in [2.24, 2.45) is 0 Å². The number of hydrogen-bond acceptors (Lipinski definition) is 6. The van der Waals surface area contributed by atoms with Gasteiger partial charge in [0, 0.05) is 38.9 Å². The van der Waals surface area contributed by atoms with E-state index in [1.165, 1.54) is 16.8 Å². The Labute approximate surface area is 135 Å². The first-order valence-electron chi connectivity index (χ1n) is 7.79. The average Bonchev–Trinajstić information content (AvgIpc) is 2.59. The zero-order valence-corrected chi connectivity index (χ0v) is 13.7. The third kappa shape index (κ3) is 5.12. The second-order valence-electron chi connectivity index (χ2n) is 5.48. The topological polar surface area (TPSA) is 85.7 Å². The summed E-state index contributed by atoms with van der Waals surface area (Å²) in [5, 5.41) is 6.95. The van der Waals surface area contributed by atoms with Crippen molar-refractivity contribution in [3.8, 4) is 0 Å². The monoisotopic (exact) mass is 324 g/mol. The molecular weight excluding hydrogens is 300 g/mol. The van der Waals surface area contributed by atoms with Crippen molar-refractivity contribution in [3.63, 3.8) is 0 Å². The van der Waals surface area contributed by atoms with Gasteiger partial charge in [0.25, 0.3) is 11.5 Å². The molecule has 1 atom stereocenters. The molecule has 8 nitrogen and oxygen atoms in total. The smallest absolute Gasteiger partial charge is 0.271 e. The Morgan fingerprint density at radius 3 is 2.87 bits per heavy atom. The Morgan fingerprint density at radius 2 is 2.17 bits per heavy atom. The fourth-order valence-electron chi connectivity index (χ4n) is 2.39. The highest BCUT2D eigenvalue weighted by molar-refractivity contribution is 5.91. The van der Waals surface area contributed by atoms with Gasteiger partial charge in [-0.25, -0.2) is 4.68 Å². The van der Waals surface area contributed by atoms with E-state index < -0.39 is 0 Å². The van der Waals surface area contributed by atoms with Crippen LogP contribution in [-0.4, -0.2) is 73.2 Å². The van der Waals surface area contributed by atoms with Crippen molar-refractivity contribution in [3.05, 3.63) is 28.2 Å². The highest BCUT2D eigenvalue weighted by Crippen LogP contribution is 2.02. The van der Waals surface area contributed by atoms with Crippen LogP contribution in [0, 0.1) is 0 Å². The lowest BCUT2D eigenvalue weighted by Crippen LogP contribution is -2.47. The second-order valence-corrected chi connectivity index (χ2v) is 5.48. The first-order chi connectivity index (χ1) is 11.1. The van der Waals surface area contributed by atoms with Gasteiger partial charge in [0.2, 0.25) is 0 Å². The number of nitrogens with one attached hydrogen (secondary N) is 1. The Kier molecular flexibility index (Phi) is 6.69. The van der Waals surface area contributed by atoms with Crippen LogP contribution in [0.5, 0.6) is 0 Å². The summed E-state index contributed by atoms with van der Waals surface area (Å²) in [4.78, 5) is 26.1. The van der Waals surface area contributed by atoms with Gasteiger partial charge < -0.3 is 14.8 Å². The van der Waals surface area contributed by atoms with Crippen LogP contribution in [0.15, 0.2) is 16.9 Å². The number of morpholine rings is 1. The van der Waals surface area contributed by atoms with Crippen molar-refractivity contribution in [2.75, 3.05) is 46.6 Å². The van der Waals surface area contributed by atoms with Crippen molar-refractivity contribution in [1.29, 1.82) is 0 Å². The number of aromatic nitrogens is 2. The molecule has 1 unspecified atom stereocenters. The minimum Gasteiger partial charge on any atom is -0.383 e. The molecule has 1 aliphatic rings. The van der Waals surface area contributed by atoms with Gasteiger partial charge in [0.1, 0.15) is 5.69 Å². The maximum Gasteiger partial charge on any atom is 0.271 e. The first-order valence-corrected chi connectivity index (χ1v) is 7.79. The van der Waals surface area contributed by atoms with E-state index in [1.54, 1.807) is 7.11 Å². The largest absolute Gasteiger partial charge is 0.383 e. The molecule has 1 N–H and O–H groups in total. The number of hydrogen-bond donors (Lipinski definition) is 1. The number of rotatable bonds is 7. The highest BCUT2D eigenvalue weighted by Gasteiger charge is 2.18. The molecule has 2 heterocycles. The van der Waals surface area contributed by atoms with Gasteiger partial charge >= 0.3 is 0 Å². The molecule has 8 heteroatoms. The standard InChI is InChI=1S/C15H24N4O4/c1-12(18-5-9-23-10-6-18)11-16-15(21)13-3-4-14(20)19(17-13)7-8-22-2/h3-4,12H,5-11H2,1-2H3,(H,16,21). The molecule has 0 aliphatic carbocycles. The van der Waals surface area contributed by atoms with Crippen LogP contribution in [0.3, 0.4) is 0 Å². The molecule has 2 rings (SSSR count). The molecule has 1 aromatic rings. The predicted octanol–water partition coefficient (Wildman–Crippen LogP) is -0.660. The summed E-state index contributed by atoms with van der Waals surface area (Å²) >= 11 is 0. The quantitative estimate of drug-likeness (QED) is 0.717. The molecule has 128 valence electrons. The number of carbonyl (C=O) groups is 1. The van der Waals surface area contributed by atoms with Crippen molar-refractivity contribution in [2.45, 2.75) is 19.5 Å². The molecule has 23 heavy (non-hydrogen) atoms. The summed E-state index contributed by atoms with van der Waals surface area (Å²) in [7, 11) is 1.55. The molecule has 0 aromatic carbocycles. The first kappa shape index (κ1) is 17.6. The van der Waals surface area contributed by atoms with Crippen LogP contribution in [0.1, 0.15) is 17.4 Å². The Hall–Kier alpha value is -1.77. The van der Waals surface area contributed by atoms with E-state index in [1.807, 2.05) is 0 Å². The molecule has 0 bridgehead atoms. The van der Waals surface area contributed by atoms with E-state index in [-0.39, 0.29) is 23.2 Å². The molecule has 0 spiro atoms. The number of nitrogens with zero attached hydrogens (tertiary/aromatic N) is 3. The van der Waals surface area contributed by atoms with E-state index in [0.717, 1.165) is 26.3 Å². The average molecular weight is 324 g/mol.